The first-order valence-corrected chi connectivity index (χ1v) is 6.17. The molecule has 0 fully saturated rings. The molecule has 0 radical (unpaired) electrons. The third kappa shape index (κ3) is 2.32. The van der Waals surface area contributed by atoms with E-state index in [2.05, 4.69) is 10.4 Å². The summed E-state index contributed by atoms with van der Waals surface area (Å²) in [6.45, 7) is 0. The summed E-state index contributed by atoms with van der Waals surface area (Å²) in [5.41, 5.74) is 2.79. The molecule has 2 aromatic rings. The van der Waals surface area contributed by atoms with Crippen molar-refractivity contribution < 1.29 is 0 Å². The summed E-state index contributed by atoms with van der Waals surface area (Å²) < 4.78 is 1.49. The first kappa shape index (κ1) is 11.7. The Hall–Kier alpha value is -1.79. The molecule has 0 aliphatic rings. The normalized spacial score (nSPS) is 10.2. The standard InChI is InChI=1S/C11H12N4OS/c1-17-9-4-2-8(3-5-9)15-7-6-13-10(14-12)11(15)16/h2-7H,12H2,1H3,(H,13,14). The van der Waals surface area contributed by atoms with Crippen LogP contribution in [0.15, 0.2) is 46.3 Å². The van der Waals surface area contributed by atoms with Crippen LogP contribution in [0, 0.1) is 0 Å². The number of rotatable bonds is 3. The van der Waals surface area contributed by atoms with E-state index in [9.17, 15) is 4.79 Å². The molecule has 88 valence electrons. The van der Waals surface area contributed by atoms with E-state index in [1.807, 2.05) is 30.5 Å². The molecule has 0 bridgehead atoms. The molecule has 0 unspecified atom stereocenters. The number of aromatic nitrogens is 2. The van der Waals surface area contributed by atoms with Crippen LogP contribution in [0.3, 0.4) is 0 Å². The lowest BCUT2D eigenvalue weighted by Crippen LogP contribution is -2.25. The van der Waals surface area contributed by atoms with Crippen LogP contribution in [-0.4, -0.2) is 15.8 Å². The fourth-order valence-corrected chi connectivity index (χ4v) is 1.86. The average molecular weight is 248 g/mol. The first-order valence-electron chi connectivity index (χ1n) is 4.95. The molecule has 1 aromatic carbocycles. The van der Waals surface area contributed by atoms with Crippen molar-refractivity contribution in [3.05, 3.63) is 47.0 Å². The molecule has 1 aromatic heterocycles. The number of benzene rings is 1. The summed E-state index contributed by atoms with van der Waals surface area (Å²) in [4.78, 5) is 16.9. The van der Waals surface area contributed by atoms with Gasteiger partial charge in [0.2, 0.25) is 5.82 Å². The van der Waals surface area contributed by atoms with Gasteiger partial charge in [0.1, 0.15) is 0 Å². The second-order valence-corrected chi connectivity index (χ2v) is 4.17. The van der Waals surface area contributed by atoms with E-state index in [1.165, 1.54) is 10.8 Å². The minimum absolute atomic E-state index is 0.126. The molecule has 0 spiro atoms. The van der Waals surface area contributed by atoms with Gasteiger partial charge in [-0.3, -0.25) is 9.36 Å². The predicted octanol–water partition coefficient (Wildman–Crippen LogP) is 1.24. The van der Waals surface area contributed by atoms with Gasteiger partial charge in [-0.2, -0.15) is 0 Å². The topological polar surface area (TPSA) is 72.9 Å². The number of hydrazine groups is 1. The van der Waals surface area contributed by atoms with Gasteiger partial charge in [0, 0.05) is 23.0 Å². The number of hydrogen-bond acceptors (Lipinski definition) is 5. The van der Waals surface area contributed by atoms with Crippen molar-refractivity contribution in [2.24, 2.45) is 5.84 Å². The van der Waals surface area contributed by atoms with Gasteiger partial charge < -0.3 is 5.43 Å². The van der Waals surface area contributed by atoms with Crippen molar-refractivity contribution in [2.75, 3.05) is 11.7 Å². The van der Waals surface area contributed by atoms with Gasteiger partial charge in [0.15, 0.2) is 0 Å². The Labute approximate surface area is 103 Å². The van der Waals surface area contributed by atoms with Crippen molar-refractivity contribution in [1.82, 2.24) is 9.55 Å². The first-order chi connectivity index (χ1) is 8.26. The maximum absolute atomic E-state index is 11.9. The SMILES string of the molecule is CSc1ccc(-n2ccnc(NN)c2=O)cc1. The van der Waals surface area contributed by atoms with Crippen molar-refractivity contribution >= 4 is 17.6 Å². The van der Waals surface area contributed by atoms with Crippen molar-refractivity contribution in [3.8, 4) is 5.69 Å². The van der Waals surface area contributed by atoms with E-state index >= 15 is 0 Å². The number of nitrogens with one attached hydrogen (secondary N) is 1. The Morgan fingerprint density at radius 3 is 2.65 bits per heavy atom. The summed E-state index contributed by atoms with van der Waals surface area (Å²) in [7, 11) is 0. The van der Waals surface area contributed by atoms with E-state index in [1.54, 1.807) is 18.0 Å². The van der Waals surface area contributed by atoms with E-state index in [4.69, 9.17) is 5.84 Å². The number of nitrogens with zero attached hydrogens (tertiary/aromatic N) is 2. The van der Waals surface area contributed by atoms with E-state index < -0.39 is 0 Å². The highest BCUT2D eigenvalue weighted by molar-refractivity contribution is 7.98. The molecular weight excluding hydrogens is 236 g/mol. The highest BCUT2D eigenvalue weighted by Crippen LogP contribution is 2.16. The monoisotopic (exact) mass is 248 g/mol. The lowest BCUT2D eigenvalue weighted by molar-refractivity contribution is 0.951. The Morgan fingerprint density at radius 2 is 2.06 bits per heavy atom. The van der Waals surface area contributed by atoms with Crippen LogP contribution >= 0.6 is 11.8 Å². The van der Waals surface area contributed by atoms with Crippen LogP contribution in [0.1, 0.15) is 0 Å². The van der Waals surface area contributed by atoms with Crippen molar-refractivity contribution in [2.45, 2.75) is 4.90 Å². The molecule has 0 amide bonds. The summed E-state index contributed by atoms with van der Waals surface area (Å²) in [6, 6.07) is 7.69. The fraction of sp³-hybridized carbons (Fsp3) is 0.0909. The molecule has 0 aliphatic heterocycles. The van der Waals surface area contributed by atoms with Gasteiger partial charge in [0.25, 0.3) is 5.56 Å². The van der Waals surface area contributed by atoms with E-state index in [0.29, 0.717) is 0 Å². The zero-order valence-electron chi connectivity index (χ0n) is 9.25. The number of hydrogen-bond donors (Lipinski definition) is 2. The molecule has 0 atom stereocenters. The maximum atomic E-state index is 11.9. The number of nitrogen functional groups attached to an aromatic ring is 1. The maximum Gasteiger partial charge on any atom is 0.299 e. The average Bonchev–Trinajstić information content (AvgIpc) is 2.39. The molecule has 6 heteroatoms. The van der Waals surface area contributed by atoms with Crippen LogP contribution in [-0.2, 0) is 0 Å². The predicted molar refractivity (Wildman–Crippen MR) is 69.4 cm³/mol. The van der Waals surface area contributed by atoms with Crippen LogP contribution in [0.25, 0.3) is 5.69 Å². The molecule has 0 aliphatic carbocycles. The second-order valence-electron chi connectivity index (χ2n) is 3.29. The lowest BCUT2D eigenvalue weighted by atomic mass is 10.3. The molecular formula is C11H12N4OS. The van der Waals surface area contributed by atoms with Gasteiger partial charge in [-0.1, -0.05) is 0 Å². The Balaban J connectivity index is 2.49. The Kier molecular flexibility index (Phi) is 3.46. The van der Waals surface area contributed by atoms with Crippen LogP contribution < -0.4 is 16.8 Å². The summed E-state index contributed by atoms with van der Waals surface area (Å²) in [5, 5.41) is 0. The van der Waals surface area contributed by atoms with Crippen LogP contribution in [0.4, 0.5) is 5.82 Å². The smallest absolute Gasteiger partial charge is 0.299 e. The summed E-state index contributed by atoms with van der Waals surface area (Å²) in [5.74, 6) is 5.34. The van der Waals surface area contributed by atoms with Crippen molar-refractivity contribution in [1.29, 1.82) is 0 Å². The second kappa shape index (κ2) is 5.03. The summed E-state index contributed by atoms with van der Waals surface area (Å²) >= 11 is 1.65. The molecule has 0 saturated heterocycles. The number of anilines is 1. The van der Waals surface area contributed by atoms with Gasteiger partial charge in [0.05, 0.1) is 0 Å². The largest absolute Gasteiger partial charge is 0.304 e. The highest BCUT2D eigenvalue weighted by atomic mass is 32.2. The lowest BCUT2D eigenvalue weighted by Gasteiger charge is -2.07. The summed E-state index contributed by atoms with van der Waals surface area (Å²) in [6.07, 6.45) is 5.14. The van der Waals surface area contributed by atoms with Gasteiger partial charge >= 0.3 is 0 Å². The molecule has 0 saturated carbocycles. The molecule has 5 nitrogen and oxygen atoms in total. The van der Waals surface area contributed by atoms with Gasteiger partial charge in [-0.25, -0.2) is 10.8 Å². The minimum atomic E-state index is -0.271. The Morgan fingerprint density at radius 1 is 1.35 bits per heavy atom. The molecule has 17 heavy (non-hydrogen) atoms. The van der Waals surface area contributed by atoms with Gasteiger partial charge in [-0.15, -0.1) is 11.8 Å². The van der Waals surface area contributed by atoms with E-state index in [0.717, 1.165) is 10.6 Å². The fourth-order valence-electron chi connectivity index (χ4n) is 1.46. The molecule has 3 N–H and O–H groups in total. The van der Waals surface area contributed by atoms with E-state index in [-0.39, 0.29) is 11.4 Å². The number of thioether (sulfide) groups is 1. The third-order valence-electron chi connectivity index (χ3n) is 2.33. The minimum Gasteiger partial charge on any atom is -0.304 e. The highest BCUT2D eigenvalue weighted by Gasteiger charge is 2.04. The zero-order valence-corrected chi connectivity index (χ0v) is 10.1. The molecule has 1 heterocycles. The zero-order chi connectivity index (χ0) is 12.3. The number of nitrogens with two attached hydrogens (primary N) is 1. The third-order valence-corrected chi connectivity index (χ3v) is 3.07. The van der Waals surface area contributed by atoms with Crippen LogP contribution in [0.2, 0.25) is 0 Å². The molecule has 2 rings (SSSR count). The van der Waals surface area contributed by atoms with Crippen molar-refractivity contribution in [3.63, 3.8) is 0 Å². The Bertz CT molecular complexity index is 564. The quantitative estimate of drug-likeness (QED) is 0.486. The van der Waals surface area contributed by atoms with Gasteiger partial charge in [-0.05, 0) is 30.5 Å². The van der Waals surface area contributed by atoms with Crippen LogP contribution in [0.5, 0.6) is 0 Å².